The molecule has 0 saturated heterocycles. The monoisotopic (exact) mass is 266 g/mol. The summed E-state index contributed by atoms with van der Waals surface area (Å²) in [4.78, 5) is 0. The van der Waals surface area contributed by atoms with Gasteiger partial charge < -0.3 is 0 Å². The SMILES string of the molecule is C=C/C(C)=C\c1c(C(C)C)ccc(=C)/c1=C\C=C(C)C. The molecule has 0 nitrogen and oxygen atoms in total. The van der Waals surface area contributed by atoms with Crippen molar-refractivity contribution in [1.82, 2.24) is 0 Å². The Kier molecular flexibility index (Phi) is 5.76. The average molecular weight is 266 g/mol. The Morgan fingerprint density at radius 3 is 2.30 bits per heavy atom. The van der Waals surface area contributed by atoms with Gasteiger partial charge in [0.25, 0.3) is 0 Å². The molecule has 0 aliphatic rings. The quantitative estimate of drug-likeness (QED) is 0.701. The van der Waals surface area contributed by atoms with Crippen molar-refractivity contribution in [2.75, 3.05) is 0 Å². The lowest BCUT2D eigenvalue weighted by Gasteiger charge is -2.12. The molecule has 0 saturated carbocycles. The van der Waals surface area contributed by atoms with Crippen LogP contribution in [-0.2, 0) is 0 Å². The maximum Gasteiger partial charge on any atom is -0.0114 e. The third-order valence-electron chi connectivity index (χ3n) is 3.31. The largest absolute Gasteiger partial charge is 0.0988 e. The second-order valence-electron chi connectivity index (χ2n) is 5.80. The van der Waals surface area contributed by atoms with Gasteiger partial charge in [-0.25, -0.2) is 0 Å². The summed E-state index contributed by atoms with van der Waals surface area (Å²) in [6.07, 6.45) is 8.42. The van der Waals surface area contributed by atoms with Gasteiger partial charge in [0.05, 0.1) is 0 Å². The van der Waals surface area contributed by atoms with Crippen LogP contribution in [0.5, 0.6) is 0 Å². The van der Waals surface area contributed by atoms with E-state index in [1.807, 2.05) is 6.08 Å². The molecule has 0 heterocycles. The van der Waals surface area contributed by atoms with E-state index in [1.165, 1.54) is 27.5 Å². The first-order chi connectivity index (χ1) is 9.36. The Morgan fingerprint density at radius 1 is 1.15 bits per heavy atom. The van der Waals surface area contributed by atoms with Gasteiger partial charge in [0, 0.05) is 0 Å². The van der Waals surface area contributed by atoms with Crippen LogP contribution in [0.3, 0.4) is 0 Å². The summed E-state index contributed by atoms with van der Waals surface area (Å²) in [7, 11) is 0. The van der Waals surface area contributed by atoms with Crippen LogP contribution in [0.4, 0.5) is 0 Å². The van der Waals surface area contributed by atoms with Gasteiger partial charge in [-0.1, -0.05) is 74.6 Å². The van der Waals surface area contributed by atoms with E-state index in [2.05, 4.69) is 78.1 Å². The normalized spacial score (nSPS) is 12.7. The van der Waals surface area contributed by atoms with Gasteiger partial charge in [0.1, 0.15) is 0 Å². The van der Waals surface area contributed by atoms with Crippen LogP contribution in [-0.4, -0.2) is 0 Å². The molecule has 0 spiro atoms. The highest BCUT2D eigenvalue weighted by Crippen LogP contribution is 2.18. The van der Waals surface area contributed by atoms with Crippen LogP contribution in [0.2, 0.25) is 0 Å². The predicted octanol–water partition coefficient (Wildman–Crippen LogP) is 4.56. The van der Waals surface area contributed by atoms with Crippen molar-refractivity contribution in [3.8, 4) is 0 Å². The Hall–Kier alpha value is -1.82. The van der Waals surface area contributed by atoms with E-state index in [9.17, 15) is 0 Å². The first-order valence-corrected chi connectivity index (χ1v) is 7.14. The zero-order valence-electron chi connectivity index (χ0n) is 13.5. The maximum atomic E-state index is 4.18. The molecule has 0 amide bonds. The molecule has 1 rings (SSSR count). The zero-order valence-corrected chi connectivity index (χ0v) is 13.5. The van der Waals surface area contributed by atoms with E-state index in [-0.39, 0.29) is 0 Å². The molecule has 0 atom stereocenters. The average Bonchev–Trinajstić information content (AvgIpc) is 2.37. The minimum Gasteiger partial charge on any atom is -0.0988 e. The molecule has 0 bridgehead atoms. The minimum absolute atomic E-state index is 0.485. The first kappa shape index (κ1) is 16.2. The van der Waals surface area contributed by atoms with E-state index in [4.69, 9.17) is 0 Å². The van der Waals surface area contributed by atoms with Crippen LogP contribution >= 0.6 is 0 Å². The van der Waals surface area contributed by atoms with E-state index in [0.717, 1.165) is 5.22 Å². The van der Waals surface area contributed by atoms with E-state index in [0.29, 0.717) is 5.92 Å². The molecular weight excluding hydrogens is 240 g/mol. The van der Waals surface area contributed by atoms with Gasteiger partial charge >= 0.3 is 0 Å². The number of rotatable bonds is 4. The summed E-state index contributed by atoms with van der Waals surface area (Å²) >= 11 is 0. The first-order valence-electron chi connectivity index (χ1n) is 7.14. The van der Waals surface area contributed by atoms with Crippen molar-refractivity contribution < 1.29 is 0 Å². The fourth-order valence-electron chi connectivity index (χ4n) is 2.10. The molecule has 0 aliphatic carbocycles. The van der Waals surface area contributed by atoms with E-state index in [1.54, 1.807) is 0 Å². The van der Waals surface area contributed by atoms with E-state index >= 15 is 0 Å². The minimum atomic E-state index is 0.485. The molecule has 106 valence electrons. The third-order valence-corrected chi connectivity index (χ3v) is 3.31. The lowest BCUT2D eigenvalue weighted by atomic mass is 9.93. The molecule has 0 unspecified atom stereocenters. The fourth-order valence-corrected chi connectivity index (χ4v) is 2.10. The van der Waals surface area contributed by atoms with Crippen molar-refractivity contribution in [1.29, 1.82) is 0 Å². The highest BCUT2D eigenvalue weighted by molar-refractivity contribution is 5.62. The number of benzene rings is 1. The van der Waals surface area contributed by atoms with Crippen molar-refractivity contribution in [2.45, 2.75) is 40.5 Å². The number of hydrogen-bond donors (Lipinski definition) is 0. The van der Waals surface area contributed by atoms with Gasteiger partial charge in [-0.05, 0) is 48.3 Å². The zero-order chi connectivity index (χ0) is 15.3. The topological polar surface area (TPSA) is 0 Å². The summed E-state index contributed by atoms with van der Waals surface area (Å²) in [6.45, 7) is 18.8. The lowest BCUT2D eigenvalue weighted by molar-refractivity contribution is 0.861. The molecule has 0 N–H and O–H groups in total. The van der Waals surface area contributed by atoms with Crippen LogP contribution < -0.4 is 10.4 Å². The maximum absolute atomic E-state index is 4.18. The molecular formula is C20H26. The predicted molar refractivity (Wildman–Crippen MR) is 93.0 cm³/mol. The van der Waals surface area contributed by atoms with E-state index < -0.39 is 0 Å². The molecule has 1 aromatic carbocycles. The molecule has 0 aromatic heterocycles. The van der Waals surface area contributed by atoms with Crippen molar-refractivity contribution in [3.05, 3.63) is 63.6 Å². The van der Waals surface area contributed by atoms with Gasteiger partial charge in [-0.2, -0.15) is 0 Å². The van der Waals surface area contributed by atoms with Gasteiger partial charge in [-0.15, -0.1) is 0 Å². The third kappa shape index (κ3) is 4.09. The highest BCUT2D eigenvalue weighted by atomic mass is 14.1. The van der Waals surface area contributed by atoms with Gasteiger partial charge in [-0.3, -0.25) is 0 Å². The standard InChI is InChI=1S/C20H26/c1-8-16(6)13-20-18(15(4)5)12-10-17(7)19(20)11-9-14(2)3/h8-13,15H,1,7H2,2-6H3/b16-13-,19-11+. The van der Waals surface area contributed by atoms with Gasteiger partial charge in [0.2, 0.25) is 0 Å². The van der Waals surface area contributed by atoms with Crippen molar-refractivity contribution >= 4 is 18.7 Å². The van der Waals surface area contributed by atoms with Crippen molar-refractivity contribution in [3.63, 3.8) is 0 Å². The van der Waals surface area contributed by atoms with Crippen LogP contribution in [0.15, 0.2) is 42.0 Å². The molecule has 1 aromatic rings. The smallest absolute Gasteiger partial charge is 0.0114 e. The second-order valence-corrected chi connectivity index (χ2v) is 5.80. The molecule has 0 fully saturated rings. The summed E-state index contributed by atoms with van der Waals surface area (Å²) in [6, 6.07) is 4.30. The Labute approximate surface area is 123 Å². The number of hydrogen-bond acceptors (Lipinski definition) is 0. The van der Waals surface area contributed by atoms with Crippen LogP contribution in [0, 0.1) is 0 Å². The highest BCUT2D eigenvalue weighted by Gasteiger charge is 2.06. The summed E-state index contributed by atoms with van der Waals surface area (Å²) in [5.74, 6) is 0.485. The molecule has 20 heavy (non-hydrogen) atoms. The molecule has 0 radical (unpaired) electrons. The Morgan fingerprint density at radius 2 is 1.80 bits per heavy atom. The molecule has 0 aliphatic heterocycles. The second kappa shape index (κ2) is 7.09. The summed E-state index contributed by atoms with van der Waals surface area (Å²) in [5, 5.41) is 2.27. The molecule has 0 heteroatoms. The van der Waals surface area contributed by atoms with Crippen LogP contribution in [0.25, 0.3) is 18.7 Å². The van der Waals surface area contributed by atoms with Crippen LogP contribution in [0.1, 0.15) is 51.7 Å². The number of allylic oxidation sites excluding steroid dienone is 4. The summed E-state index contributed by atoms with van der Waals surface area (Å²) in [5.41, 5.74) is 5.08. The van der Waals surface area contributed by atoms with Gasteiger partial charge in [0.15, 0.2) is 0 Å². The Balaban J connectivity index is 3.76. The lowest BCUT2D eigenvalue weighted by Crippen LogP contribution is -2.27. The fraction of sp³-hybridized carbons (Fsp3) is 0.300. The Bertz CT molecular complexity index is 648. The van der Waals surface area contributed by atoms with Crippen molar-refractivity contribution in [2.24, 2.45) is 0 Å². The summed E-state index contributed by atoms with van der Waals surface area (Å²) < 4.78 is 0.